The second kappa shape index (κ2) is 4.18. The van der Waals surface area contributed by atoms with Gasteiger partial charge in [0.15, 0.2) is 5.79 Å². The van der Waals surface area contributed by atoms with Crippen LogP contribution in [0.3, 0.4) is 0 Å². The lowest BCUT2D eigenvalue weighted by molar-refractivity contribution is -0.161. The van der Waals surface area contributed by atoms with Crippen molar-refractivity contribution >= 4 is 0 Å². The maximum atomic E-state index is 10.2. The van der Waals surface area contributed by atoms with Crippen LogP contribution in [0.5, 0.6) is 5.75 Å². The third kappa shape index (κ3) is 1.94. The van der Waals surface area contributed by atoms with E-state index in [-0.39, 0.29) is 0 Å². The summed E-state index contributed by atoms with van der Waals surface area (Å²) < 4.78 is 16.7. The smallest absolute Gasteiger partial charge is 0.164 e. The summed E-state index contributed by atoms with van der Waals surface area (Å²) in [6, 6.07) is 5.34. The largest absolute Gasteiger partial charge is 0.497 e. The molecule has 1 aromatic carbocycles. The Bertz CT molecular complexity index is 499. The third-order valence-electron chi connectivity index (χ3n) is 3.71. The lowest BCUT2D eigenvalue weighted by atomic mass is 9.83. The maximum absolute atomic E-state index is 10.2. The Morgan fingerprint density at radius 2 is 1.89 bits per heavy atom. The molecule has 1 aromatic rings. The van der Waals surface area contributed by atoms with Crippen LogP contribution < -0.4 is 4.74 Å². The molecule has 0 unspecified atom stereocenters. The van der Waals surface area contributed by atoms with Gasteiger partial charge in [0.1, 0.15) is 30.2 Å². The van der Waals surface area contributed by atoms with Crippen LogP contribution in [0.2, 0.25) is 0 Å². The van der Waals surface area contributed by atoms with Crippen LogP contribution in [0.25, 0.3) is 0 Å². The molecule has 0 aromatic heterocycles. The first kappa shape index (κ1) is 12.9. The van der Waals surface area contributed by atoms with Crippen molar-refractivity contribution in [2.75, 3.05) is 7.11 Å². The molecule has 2 aliphatic rings. The van der Waals surface area contributed by atoms with Crippen molar-refractivity contribution < 1.29 is 24.4 Å². The van der Waals surface area contributed by atoms with Crippen molar-refractivity contribution in [1.29, 1.82) is 0 Å². The molecule has 1 heterocycles. The summed E-state index contributed by atoms with van der Waals surface area (Å²) in [5.41, 5.74) is 1.48. The van der Waals surface area contributed by atoms with E-state index in [4.69, 9.17) is 14.2 Å². The molecule has 0 spiro atoms. The van der Waals surface area contributed by atoms with Crippen LogP contribution in [0.4, 0.5) is 0 Å². The minimum absolute atomic E-state index is 0.390. The van der Waals surface area contributed by atoms with Gasteiger partial charge < -0.3 is 24.4 Å². The number of rotatable bonds is 1. The number of ether oxygens (including phenoxy) is 3. The molecular formula is C14H18O5. The normalized spacial score (nSPS) is 35.6. The summed E-state index contributed by atoms with van der Waals surface area (Å²) in [4.78, 5) is 0. The molecule has 0 saturated carbocycles. The van der Waals surface area contributed by atoms with Gasteiger partial charge in [-0.25, -0.2) is 0 Å². The van der Waals surface area contributed by atoms with Crippen molar-refractivity contribution in [1.82, 2.24) is 0 Å². The van der Waals surface area contributed by atoms with Crippen LogP contribution in [-0.4, -0.2) is 35.3 Å². The molecule has 0 radical (unpaired) electrons. The molecule has 3 rings (SSSR count). The van der Waals surface area contributed by atoms with E-state index in [9.17, 15) is 10.2 Å². The molecule has 5 heteroatoms. The highest BCUT2D eigenvalue weighted by Crippen LogP contribution is 2.48. The van der Waals surface area contributed by atoms with E-state index in [1.54, 1.807) is 33.1 Å². The Labute approximate surface area is 111 Å². The fourth-order valence-corrected chi connectivity index (χ4v) is 2.84. The fraction of sp³-hybridized carbons (Fsp3) is 0.571. The molecule has 0 bridgehead atoms. The lowest BCUT2D eigenvalue weighted by Gasteiger charge is -2.34. The molecule has 0 amide bonds. The van der Waals surface area contributed by atoms with E-state index in [1.165, 1.54) is 0 Å². The predicted molar refractivity (Wildman–Crippen MR) is 66.7 cm³/mol. The van der Waals surface area contributed by atoms with Gasteiger partial charge in [0.2, 0.25) is 0 Å². The molecule has 4 atom stereocenters. The van der Waals surface area contributed by atoms with Gasteiger partial charge in [-0.3, -0.25) is 0 Å². The van der Waals surface area contributed by atoms with E-state index in [2.05, 4.69) is 0 Å². The molecule has 104 valence electrons. The maximum Gasteiger partial charge on any atom is 0.164 e. The second-order valence-electron chi connectivity index (χ2n) is 5.45. The van der Waals surface area contributed by atoms with Crippen LogP contribution in [0, 0.1) is 0 Å². The summed E-state index contributed by atoms with van der Waals surface area (Å²) in [5, 5.41) is 20.4. The van der Waals surface area contributed by atoms with Gasteiger partial charge in [0.25, 0.3) is 0 Å². The highest BCUT2D eigenvalue weighted by molar-refractivity contribution is 5.42. The Morgan fingerprint density at radius 1 is 1.16 bits per heavy atom. The van der Waals surface area contributed by atoms with Crippen LogP contribution >= 0.6 is 0 Å². The zero-order chi connectivity index (χ0) is 13.8. The third-order valence-corrected chi connectivity index (χ3v) is 3.71. The Hall–Kier alpha value is -1.14. The van der Waals surface area contributed by atoms with E-state index < -0.39 is 30.2 Å². The quantitative estimate of drug-likeness (QED) is 0.802. The highest BCUT2D eigenvalue weighted by Gasteiger charge is 2.51. The number of hydrogen-bond donors (Lipinski definition) is 2. The van der Waals surface area contributed by atoms with Crippen molar-refractivity contribution in [3.05, 3.63) is 29.3 Å². The summed E-state index contributed by atoms with van der Waals surface area (Å²) in [7, 11) is 1.59. The van der Waals surface area contributed by atoms with Gasteiger partial charge in [-0.05, 0) is 37.1 Å². The molecule has 1 aliphatic carbocycles. The number of aliphatic hydroxyl groups is 2. The Morgan fingerprint density at radius 3 is 2.58 bits per heavy atom. The summed E-state index contributed by atoms with van der Waals surface area (Å²) >= 11 is 0. The summed E-state index contributed by atoms with van der Waals surface area (Å²) in [6.07, 6.45) is -2.92. The zero-order valence-electron chi connectivity index (χ0n) is 11.2. The number of benzene rings is 1. The Kier molecular flexibility index (Phi) is 2.83. The monoisotopic (exact) mass is 266 g/mol. The zero-order valence-corrected chi connectivity index (χ0v) is 11.2. The van der Waals surface area contributed by atoms with E-state index in [1.807, 2.05) is 6.07 Å². The summed E-state index contributed by atoms with van der Waals surface area (Å²) in [5.74, 6) is -0.0878. The summed E-state index contributed by atoms with van der Waals surface area (Å²) in [6.45, 7) is 3.59. The molecule has 5 nitrogen and oxygen atoms in total. The standard InChI is InChI=1S/C14H18O5/c1-14(2)18-12-9-6-7(17-3)4-5-8(9)10(15)11(16)13(12)19-14/h4-6,10-13,15-16H,1-3H3/t10-,11-,12-,13+/m1/s1. The second-order valence-corrected chi connectivity index (χ2v) is 5.45. The van der Waals surface area contributed by atoms with Crippen LogP contribution in [-0.2, 0) is 9.47 Å². The number of aliphatic hydroxyl groups excluding tert-OH is 2. The number of fused-ring (bicyclic) bond motifs is 3. The van der Waals surface area contributed by atoms with E-state index >= 15 is 0 Å². The molecule has 1 fully saturated rings. The van der Waals surface area contributed by atoms with Crippen molar-refractivity contribution in [3.8, 4) is 5.75 Å². The topological polar surface area (TPSA) is 68.2 Å². The molecule has 1 saturated heterocycles. The van der Waals surface area contributed by atoms with Crippen LogP contribution in [0.15, 0.2) is 18.2 Å². The average molecular weight is 266 g/mol. The first-order chi connectivity index (χ1) is 8.93. The van der Waals surface area contributed by atoms with Gasteiger partial charge in [0.05, 0.1) is 7.11 Å². The molecular weight excluding hydrogens is 248 g/mol. The number of methoxy groups -OCH3 is 1. The fourth-order valence-electron chi connectivity index (χ4n) is 2.84. The van der Waals surface area contributed by atoms with Crippen LogP contribution in [0.1, 0.15) is 37.2 Å². The van der Waals surface area contributed by atoms with Crippen molar-refractivity contribution in [2.24, 2.45) is 0 Å². The van der Waals surface area contributed by atoms with Crippen molar-refractivity contribution in [3.63, 3.8) is 0 Å². The highest BCUT2D eigenvalue weighted by atomic mass is 16.8. The first-order valence-electron chi connectivity index (χ1n) is 6.32. The Balaban J connectivity index is 2.09. The van der Waals surface area contributed by atoms with E-state index in [0.717, 1.165) is 5.56 Å². The molecule has 19 heavy (non-hydrogen) atoms. The predicted octanol–water partition coefficient (Wildman–Crippen LogP) is 1.30. The molecule has 1 aliphatic heterocycles. The van der Waals surface area contributed by atoms with Gasteiger partial charge in [-0.1, -0.05) is 6.07 Å². The average Bonchev–Trinajstić information content (AvgIpc) is 2.71. The van der Waals surface area contributed by atoms with Gasteiger partial charge in [-0.2, -0.15) is 0 Å². The number of hydrogen-bond acceptors (Lipinski definition) is 5. The minimum Gasteiger partial charge on any atom is -0.497 e. The molecule has 2 N–H and O–H groups in total. The van der Waals surface area contributed by atoms with Gasteiger partial charge >= 0.3 is 0 Å². The van der Waals surface area contributed by atoms with Crippen molar-refractivity contribution in [2.45, 2.75) is 44.1 Å². The van der Waals surface area contributed by atoms with Gasteiger partial charge in [0, 0.05) is 0 Å². The first-order valence-corrected chi connectivity index (χ1v) is 6.32. The lowest BCUT2D eigenvalue weighted by Crippen LogP contribution is -2.40. The SMILES string of the molecule is COc1ccc2c(c1)[C@H]1OC(C)(C)O[C@H]1[C@H](O)[C@@H]2O. The van der Waals surface area contributed by atoms with Gasteiger partial charge in [-0.15, -0.1) is 0 Å². The minimum atomic E-state index is -0.993. The van der Waals surface area contributed by atoms with E-state index in [0.29, 0.717) is 11.3 Å².